The average molecular weight is 262 g/mol. The maximum Gasteiger partial charge on any atom is 0.348 e. The number of hydrogen-bond acceptors (Lipinski definition) is 5. The fourth-order valence-electron chi connectivity index (χ4n) is 1.93. The van der Waals surface area contributed by atoms with Gasteiger partial charge in [0.05, 0.1) is 11.0 Å². The molecule has 0 amide bonds. The van der Waals surface area contributed by atoms with E-state index in [4.69, 9.17) is 5.73 Å². The first kappa shape index (κ1) is 11.6. The van der Waals surface area contributed by atoms with Crippen molar-refractivity contribution >= 4 is 22.5 Å². The largest absolute Gasteiger partial charge is 0.366 e. The molecule has 2 heterocycles. The summed E-state index contributed by atoms with van der Waals surface area (Å²) < 4.78 is 14.6. The number of aromatic amines is 1. The number of benzene rings is 1. The van der Waals surface area contributed by atoms with Crippen molar-refractivity contribution < 1.29 is 4.39 Å². The Morgan fingerprint density at radius 3 is 3.11 bits per heavy atom. The zero-order valence-electron chi connectivity index (χ0n) is 9.85. The molecule has 98 valence electrons. The summed E-state index contributed by atoms with van der Waals surface area (Å²) in [4.78, 5) is 16.1. The number of nitrogens with one attached hydrogen (secondary N) is 2. The number of anilines is 1. The van der Waals surface area contributed by atoms with Gasteiger partial charge >= 0.3 is 5.69 Å². The quantitative estimate of drug-likeness (QED) is 0.620. The Morgan fingerprint density at radius 1 is 1.47 bits per heavy atom. The van der Waals surface area contributed by atoms with Crippen LogP contribution in [0.3, 0.4) is 0 Å². The highest BCUT2D eigenvalue weighted by atomic mass is 19.1. The molecule has 0 unspecified atom stereocenters. The van der Waals surface area contributed by atoms with Crippen LogP contribution in [0.5, 0.6) is 0 Å². The summed E-state index contributed by atoms with van der Waals surface area (Å²) in [6.07, 6.45) is 0. The number of rotatable bonds is 3. The van der Waals surface area contributed by atoms with Crippen molar-refractivity contribution in [2.75, 3.05) is 18.4 Å². The van der Waals surface area contributed by atoms with Crippen LogP contribution in [0.2, 0.25) is 0 Å². The Bertz CT molecular complexity index is 808. The maximum absolute atomic E-state index is 13.3. The van der Waals surface area contributed by atoms with E-state index in [1.165, 1.54) is 22.6 Å². The van der Waals surface area contributed by atoms with Crippen LogP contribution in [0, 0.1) is 5.82 Å². The van der Waals surface area contributed by atoms with E-state index >= 15 is 0 Å². The Morgan fingerprint density at radius 2 is 2.32 bits per heavy atom. The van der Waals surface area contributed by atoms with E-state index in [1.54, 1.807) is 0 Å². The van der Waals surface area contributed by atoms with Crippen LogP contribution >= 0.6 is 0 Å². The molecule has 8 heteroatoms. The summed E-state index contributed by atoms with van der Waals surface area (Å²) >= 11 is 0. The number of hydrogen-bond donors (Lipinski definition) is 3. The second-order valence-electron chi connectivity index (χ2n) is 4.00. The topological polar surface area (TPSA) is 101 Å². The van der Waals surface area contributed by atoms with Crippen molar-refractivity contribution in [2.45, 2.75) is 0 Å². The van der Waals surface area contributed by atoms with E-state index in [2.05, 4.69) is 20.5 Å². The number of aromatic nitrogens is 4. The van der Waals surface area contributed by atoms with E-state index in [1.807, 2.05) is 0 Å². The predicted octanol–water partition coefficient (Wildman–Crippen LogP) is 0.0805. The summed E-state index contributed by atoms with van der Waals surface area (Å²) in [7, 11) is 0. The Labute approximate surface area is 106 Å². The standard InChI is InChI=1S/C11H11FN6O/c12-6-1-2-7-8(5-6)18-10(16-17-11(18)19)9(15-7)14-4-3-13/h1-2,5H,3-4,13H2,(H,14,15)(H,17,19). The molecular weight excluding hydrogens is 251 g/mol. The molecule has 0 atom stereocenters. The minimum Gasteiger partial charge on any atom is -0.366 e. The summed E-state index contributed by atoms with van der Waals surface area (Å²) in [6.45, 7) is 0.917. The number of H-pyrrole nitrogens is 1. The third kappa shape index (κ3) is 1.82. The van der Waals surface area contributed by atoms with Crippen LogP contribution in [-0.2, 0) is 0 Å². The monoisotopic (exact) mass is 262 g/mol. The smallest absolute Gasteiger partial charge is 0.348 e. The third-order valence-corrected chi connectivity index (χ3v) is 2.73. The van der Waals surface area contributed by atoms with Gasteiger partial charge in [-0.1, -0.05) is 0 Å². The van der Waals surface area contributed by atoms with Gasteiger partial charge < -0.3 is 11.1 Å². The van der Waals surface area contributed by atoms with Gasteiger partial charge in [-0.2, -0.15) is 0 Å². The van der Waals surface area contributed by atoms with Crippen LogP contribution < -0.4 is 16.7 Å². The van der Waals surface area contributed by atoms with Gasteiger partial charge in [0.25, 0.3) is 0 Å². The first-order valence-electron chi connectivity index (χ1n) is 5.71. The lowest BCUT2D eigenvalue weighted by Crippen LogP contribution is -2.16. The number of nitrogens with two attached hydrogens (primary N) is 1. The fourth-order valence-corrected chi connectivity index (χ4v) is 1.93. The summed E-state index contributed by atoms with van der Waals surface area (Å²) in [6, 6.07) is 4.05. The number of nitrogens with zero attached hydrogens (tertiary/aromatic N) is 3. The van der Waals surface area contributed by atoms with Crippen molar-refractivity contribution in [3.63, 3.8) is 0 Å². The summed E-state index contributed by atoms with van der Waals surface area (Å²) in [5, 5.41) is 9.20. The minimum atomic E-state index is -0.441. The summed E-state index contributed by atoms with van der Waals surface area (Å²) in [5.41, 5.74) is 6.16. The maximum atomic E-state index is 13.3. The molecule has 0 bridgehead atoms. The van der Waals surface area contributed by atoms with Crippen molar-refractivity contribution in [2.24, 2.45) is 5.73 Å². The highest BCUT2D eigenvalue weighted by Gasteiger charge is 2.12. The molecule has 0 spiro atoms. The van der Waals surface area contributed by atoms with Crippen LogP contribution in [0.25, 0.3) is 16.7 Å². The number of halogens is 1. The third-order valence-electron chi connectivity index (χ3n) is 2.73. The SMILES string of the molecule is NCCNc1nc2ccc(F)cc2n2c(=O)[nH]nc12. The van der Waals surface area contributed by atoms with E-state index in [9.17, 15) is 9.18 Å². The van der Waals surface area contributed by atoms with Crippen LogP contribution in [0.15, 0.2) is 23.0 Å². The molecule has 1 aromatic carbocycles. The van der Waals surface area contributed by atoms with Crippen molar-refractivity contribution in [1.82, 2.24) is 19.6 Å². The first-order chi connectivity index (χ1) is 9.20. The van der Waals surface area contributed by atoms with Crippen LogP contribution in [-0.4, -0.2) is 32.7 Å². The second kappa shape index (κ2) is 4.32. The highest BCUT2D eigenvalue weighted by molar-refractivity contribution is 5.82. The van der Waals surface area contributed by atoms with Crippen LogP contribution in [0.1, 0.15) is 0 Å². The van der Waals surface area contributed by atoms with Gasteiger partial charge in [0.15, 0.2) is 5.82 Å². The van der Waals surface area contributed by atoms with Crippen molar-refractivity contribution in [3.05, 3.63) is 34.5 Å². The number of fused-ring (bicyclic) bond motifs is 3. The highest BCUT2D eigenvalue weighted by Crippen LogP contribution is 2.19. The van der Waals surface area contributed by atoms with Crippen molar-refractivity contribution in [1.29, 1.82) is 0 Å². The van der Waals surface area contributed by atoms with Gasteiger partial charge in [0.2, 0.25) is 5.65 Å². The zero-order chi connectivity index (χ0) is 13.4. The van der Waals surface area contributed by atoms with Crippen molar-refractivity contribution in [3.8, 4) is 0 Å². The van der Waals surface area contributed by atoms with Gasteiger partial charge in [0, 0.05) is 19.2 Å². The molecule has 4 N–H and O–H groups in total. The molecule has 0 saturated carbocycles. The lowest BCUT2D eigenvalue weighted by Gasteiger charge is -2.07. The predicted molar refractivity (Wildman–Crippen MR) is 68.6 cm³/mol. The molecule has 2 aromatic heterocycles. The normalized spacial score (nSPS) is 11.3. The van der Waals surface area contributed by atoms with E-state index in [0.717, 1.165) is 0 Å². The Balaban J connectivity index is 2.38. The molecule has 0 aliphatic rings. The molecule has 0 saturated heterocycles. The average Bonchev–Trinajstić information content (AvgIpc) is 2.79. The lowest BCUT2D eigenvalue weighted by atomic mass is 10.3. The summed E-state index contributed by atoms with van der Waals surface area (Å²) in [5.74, 6) is -0.00530. The van der Waals surface area contributed by atoms with Gasteiger partial charge in [-0.25, -0.2) is 23.7 Å². The van der Waals surface area contributed by atoms with E-state index in [-0.39, 0.29) is 0 Å². The van der Waals surface area contributed by atoms with Gasteiger partial charge in [0.1, 0.15) is 5.82 Å². The first-order valence-corrected chi connectivity index (χ1v) is 5.71. The molecule has 0 aliphatic carbocycles. The molecule has 3 rings (SSSR count). The second-order valence-corrected chi connectivity index (χ2v) is 4.00. The van der Waals surface area contributed by atoms with Gasteiger partial charge in [-0.05, 0) is 12.1 Å². The van der Waals surface area contributed by atoms with E-state index in [0.29, 0.717) is 35.6 Å². The molecule has 7 nitrogen and oxygen atoms in total. The lowest BCUT2D eigenvalue weighted by molar-refractivity contribution is 0.629. The molecule has 0 fully saturated rings. The molecule has 0 radical (unpaired) electrons. The molecule has 0 aliphatic heterocycles. The zero-order valence-corrected chi connectivity index (χ0v) is 9.85. The van der Waals surface area contributed by atoms with E-state index < -0.39 is 11.5 Å². The molecular formula is C11H11FN6O. The fraction of sp³-hybridized carbons (Fsp3) is 0.182. The van der Waals surface area contributed by atoms with Gasteiger partial charge in [-0.3, -0.25) is 0 Å². The van der Waals surface area contributed by atoms with Gasteiger partial charge in [-0.15, -0.1) is 5.10 Å². The van der Waals surface area contributed by atoms with Crippen LogP contribution in [0.4, 0.5) is 10.2 Å². The minimum absolute atomic E-state index is 0.316. The Kier molecular flexibility index (Phi) is 2.64. The molecule has 3 aromatic rings. The molecule has 19 heavy (non-hydrogen) atoms. The Hall–Kier alpha value is -2.48.